The second kappa shape index (κ2) is 9.60. The molecule has 0 spiro atoms. The Kier molecular flexibility index (Phi) is 6.00. The van der Waals surface area contributed by atoms with Gasteiger partial charge in [-0.2, -0.15) is 0 Å². The maximum atomic E-state index is 11.8. The third kappa shape index (κ3) is 4.62. The molecule has 1 fully saturated rings. The van der Waals surface area contributed by atoms with Crippen LogP contribution in [0.15, 0.2) is 87.8 Å². The number of nitrogens with zero attached hydrogens (tertiary/aromatic N) is 5. The Balaban J connectivity index is 1.37. The van der Waals surface area contributed by atoms with Crippen LogP contribution in [-0.4, -0.2) is 58.1 Å². The van der Waals surface area contributed by atoms with Gasteiger partial charge in [0.1, 0.15) is 10.5 Å². The number of nitrogens with one attached hydrogen (secondary N) is 1. The lowest BCUT2D eigenvalue weighted by molar-refractivity contribution is 0.310. The standard InChI is InChI=1S/C27H24N6O2S/c1-32-12-14-33(15-13-32)26-27(35-22-6-2-4-19-5-3-11-28-25(19)22)31-24(17-29-26)36-20-9-7-18-8-10-23(34)30-21(18)16-20/h2-11,16-17H,12-15H2,1H3,(H,30,34). The van der Waals surface area contributed by atoms with Crippen LogP contribution in [0.5, 0.6) is 11.6 Å². The fourth-order valence-electron chi connectivity index (χ4n) is 4.28. The lowest BCUT2D eigenvalue weighted by Crippen LogP contribution is -2.45. The largest absolute Gasteiger partial charge is 0.434 e. The second-order valence-electron chi connectivity index (χ2n) is 8.73. The number of hydrogen-bond acceptors (Lipinski definition) is 8. The first-order valence-electron chi connectivity index (χ1n) is 11.8. The van der Waals surface area contributed by atoms with E-state index in [1.807, 2.05) is 54.6 Å². The van der Waals surface area contributed by atoms with Crippen LogP contribution >= 0.6 is 11.8 Å². The van der Waals surface area contributed by atoms with Crippen LogP contribution in [-0.2, 0) is 0 Å². The van der Waals surface area contributed by atoms with Gasteiger partial charge in [-0.3, -0.25) is 9.78 Å². The van der Waals surface area contributed by atoms with Gasteiger partial charge < -0.3 is 19.5 Å². The van der Waals surface area contributed by atoms with Gasteiger partial charge in [-0.15, -0.1) is 0 Å². The highest BCUT2D eigenvalue weighted by atomic mass is 32.2. The Bertz CT molecular complexity index is 1610. The molecule has 0 atom stereocenters. The molecule has 3 aromatic heterocycles. The van der Waals surface area contributed by atoms with Gasteiger partial charge in [0.25, 0.3) is 5.88 Å². The summed E-state index contributed by atoms with van der Waals surface area (Å²) in [5.74, 6) is 1.82. The molecular formula is C27H24N6O2S. The van der Waals surface area contributed by atoms with E-state index in [4.69, 9.17) is 14.7 Å². The minimum Gasteiger partial charge on any atom is -0.434 e. The van der Waals surface area contributed by atoms with Crippen molar-refractivity contribution in [3.05, 3.63) is 83.4 Å². The third-order valence-corrected chi connectivity index (χ3v) is 7.12. The number of para-hydroxylation sites is 1. The highest BCUT2D eigenvalue weighted by Gasteiger charge is 2.22. The molecule has 6 rings (SSSR count). The van der Waals surface area contributed by atoms with Crippen molar-refractivity contribution in [3.63, 3.8) is 0 Å². The van der Waals surface area contributed by atoms with E-state index in [-0.39, 0.29) is 5.56 Å². The van der Waals surface area contributed by atoms with E-state index in [0.29, 0.717) is 16.7 Å². The number of benzene rings is 2. The lowest BCUT2D eigenvalue weighted by atomic mass is 10.2. The van der Waals surface area contributed by atoms with Gasteiger partial charge in [-0.05, 0) is 42.8 Å². The molecule has 2 aromatic carbocycles. The number of anilines is 1. The van der Waals surface area contributed by atoms with Crippen molar-refractivity contribution in [2.45, 2.75) is 9.92 Å². The summed E-state index contributed by atoms with van der Waals surface area (Å²) in [5.41, 5.74) is 1.44. The van der Waals surface area contributed by atoms with E-state index in [1.165, 1.54) is 17.8 Å². The number of H-pyrrole nitrogens is 1. The predicted octanol–water partition coefficient (Wildman–Crippen LogP) is 4.56. The Morgan fingerprint density at radius 2 is 1.78 bits per heavy atom. The van der Waals surface area contributed by atoms with Crippen molar-refractivity contribution < 1.29 is 4.74 Å². The Labute approximate surface area is 212 Å². The number of aromatic nitrogens is 4. The molecule has 4 heterocycles. The maximum Gasteiger partial charge on any atom is 0.264 e. The summed E-state index contributed by atoms with van der Waals surface area (Å²) in [6.45, 7) is 3.59. The molecule has 8 nitrogen and oxygen atoms in total. The molecule has 1 N–H and O–H groups in total. The monoisotopic (exact) mass is 496 g/mol. The molecule has 0 saturated carbocycles. The molecule has 0 aliphatic carbocycles. The Morgan fingerprint density at radius 3 is 2.67 bits per heavy atom. The minimum absolute atomic E-state index is 0.125. The third-order valence-electron chi connectivity index (χ3n) is 6.22. The number of aromatic amines is 1. The van der Waals surface area contributed by atoms with Gasteiger partial charge in [-0.25, -0.2) is 9.97 Å². The average Bonchev–Trinajstić information content (AvgIpc) is 2.89. The molecule has 180 valence electrons. The van der Waals surface area contributed by atoms with Crippen LogP contribution < -0.4 is 15.2 Å². The number of rotatable bonds is 5. The fraction of sp³-hybridized carbons (Fsp3) is 0.185. The first-order chi connectivity index (χ1) is 17.6. The van der Waals surface area contributed by atoms with Gasteiger partial charge in [0.15, 0.2) is 11.6 Å². The molecule has 1 saturated heterocycles. The Hall–Kier alpha value is -3.95. The second-order valence-corrected chi connectivity index (χ2v) is 9.83. The predicted molar refractivity (Wildman–Crippen MR) is 142 cm³/mol. The smallest absolute Gasteiger partial charge is 0.264 e. The number of hydrogen-bond donors (Lipinski definition) is 1. The molecule has 36 heavy (non-hydrogen) atoms. The van der Waals surface area contributed by atoms with Gasteiger partial charge in [0.2, 0.25) is 5.56 Å². The molecule has 1 aliphatic heterocycles. The van der Waals surface area contributed by atoms with Crippen LogP contribution in [0.1, 0.15) is 0 Å². The van der Waals surface area contributed by atoms with Crippen LogP contribution in [0.3, 0.4) is 0 Å². The lowest BCUT2D eigenvalue weighted by Gasteiger charge is -2.33. The summed E-state index contributed by atoms with van der Waals surface area (Å²) >= 11 is 1.47. The molecular weight excluding hydrogens is 472 g/mol. The first kappa shape index (κ1) is 22.5. The van der Waals surface area contributed by atoms with E-state index in [9.17, 15) is 4.79 Å². The van der Waals surface area contributed by atoms with Gasteiger partial charge in [0, 0.05) is 54.2 Å². The van der Waals surface area contributed by atoms with Crippen molar-refractivity contribution in [3.8, 4) is 11.6 Å². The Morgan fingerprint density at radius 1 is 0.944 bits per heavy atom. The van der Waals surface area contributed by atoms with Crippen molar-refractivity contribution in [1.29, 1.82) is 0 Å². The highest BCUT2D eigenvalue weighted by molar-refractivity contribution is 7.99. The van der Waals surface area contributed by atoms with Gasteiger partial charge in [0.05, 0.1) is 6.20 Å². The summed E-state index contributed by atoms with van der Waals surface area (Å²) in [5, 5.41) is 2.68. The summed E-state index contributed by atoms with van der Waals surface area (Å²) in [4.78, 5) is 34.3. The maximum absolute atomic E-state index is 11.8. The number of fused-ring (bicyclic) bond motifs is 2. The van der Waals surface area contributed by atoms with Crippen molar-refractivity contribution in [2.75, 3.05) is 38.1 Å². The number of pyridine rings is 2. The summed E-state index contributed by atoms with van der Waals surface area (Å²) in [6, 6.07) is 19.1. The van der Waals surface area contributed by atoms with Crippen LogP contribution in [0.2, 0.25) is 0 Å². The quantitative estimate of drug-likeness (QED) is 0.379. The SMILES string of the molecule is CN1CCN(c2ncc(Sc3ccc4ccc(=O)[nH]c4c3)nc2Oc2cccc3cccnc23)CC1. The van der Waals surface area contributed by atoms with Crippen LogP contribution in [0.4, 0.5) is 5.82 Å². The van der Waals surface area contributed by atoms with E-state index in [1.54, 1.807) is 12.4 Å². The summed E-state index contributed by atoms with van der Waals surface area (Å²) in [6.07, 6.45) is 3.54. The van der Waals surface area contributed by atoms with E-state index in [0.717, 1.165) is 58.7 Å². The molecule has 0 bridgehead atoms. The first-order valence-corrected chi connectivity index (χ1v) is 12.6. The average molecular weight is 497 g/mol. The molecule has 0 radical (unpaired) electrons. The molecule has 5 aromatic rings. The normalized spacial score (nSPS) is 14.4. The van der Waals surface area contributed by atoms with E-state index >= 15 is 0 Å². The number of piperazine rings is 1. The van der Waals surface area contributed by atoms with Crippen molar-refractivity contribution in [2.24, 2.45) is 0 Å². The summed E-state index contributed by atoms with van der Waals surface area (Å²) in [7, 11) is 2.12. The van der Waals surface area contributed by atoms with Gasteiger partial charge in [-0.1, -0.05) is 36.0 Å². The van der Waals surface area contributed by atoms with Gasteiger partial charge >= 0.3 is 0 Å². The van der Waals surface area contributed by atoms with Crippen LogP contribution in [0.25, 0.3) is 21.8 Å². The van der Waals surface area contributed by atoms with Crippen molar-refractivity contribution in [1.82, 2.24) is 24.8 Å². The molecule has 0 amide bonds. The van der Waals surface area contributed by atoms with Crippen LogP contribution in [0, 0.1) is 0 Å². The zero-order chi connectivity index (χ0) is 24.5. The van der Waals surface area contributed by atoms with Crippen molar-refractivity contribution >= 4 is 39.4 Å². The topological polar surface area (TPSA) is 87.2 Å². The highest BCUT2D eigenvalue weighted by Crippen LogP contribution is 2.36. The molecule has 9 heteroatoms. The zero-order valence-electron chi connectivity index (χ0n) is 19.7. The molecule has 0 unspecified atom stereocenters. The van der Waals surface area contributed by atoms with E-state index in [2.05, 4.69) is 26.8 Å². The summed E-state index contributed by atoms with van der Waals surface area (Å²) < 4.78 is 6.41. The zero-order valence-corrected chi connectivity index (χ0v) is 20.5. The van der Waals surface area contributed by atoms with E-state index < -0.39 is 0 Å². The fourth-order valence-corrected chi connectivity index (χ4v) is 5.07. The minimum atomic E-state index is -0.125. The number of ether oxygens (including phenoxy) is 1. The number of likely N-dealkylation sites (N-methyl/N-ethyl adjacent to an activating group) is 1. The molecule has 1 aliphatic rings.